The van der Waals surface area contributed by atoms with Crippen LogP contribution in [-0.4, -0.2) is 6.54 Å². The monoisotopic (exact) mass is 676 g/mol. The number of allylic oxidation sites excluding steroid dienone is 4. The molecule has 258 valence electrons. The van der Waals surface area contributed by atoms with Crippen LogP contribution in [0.4, 0.5) is 22.7 Å². The first kappa shape index (κ1) is 34.6. The summed E-state index contributed by atoms with van der Waals surface area (Å²) in [7, 11) is 0. The van der Waals surface area contributed by atoms with E-state index >= 15 is 0 Å². The van der Waals surface area contributed by atoms with Crippen LogP contribution >= 0.6 is 0 Å². The molecule has 0 amide bonds. The fourth-order valence-electron chi connectivity index (χ4n) is 7.38. The summed E-state index contributed by atoms with van der Waals surface area (Å²) in [5.41, 5.74) is 18.5. The highest BCUT2D eigenvalue weighted by molar-refractivity contribution is 5.87. The SMILES string of the molecule is C=CC=C(C=CCN(c1ccc(C)cc1)c1ccc(Nc2ccc(C)cc2)cc1)c1ccc2c(c1)C(C)(CC)c1cc(-c3ccc(C)cc3)ccc1-2. The second kappa shape index (κ2) is 14.8. The van der Waals surface area contributed by atoms with Crippen LogP contribution in [0.15, 0.2) is 164 Å². The number of nitrogens with zero attached hydrogens (tertiary/aromatic N) is 1. The molecule has 1 N–H and O–H groups in total. The molecule has 1 aliphatic rings. The molecule has 0 fully saturated rings. The third kappa shape index (κ3) is 7.02. The molecule has 2 heteroatoms. The van der Waals surface area contributed by atoms with Gasteiger partial charge in [0.15, 0.2) is 0 Å². The van der Waals surface area contributed by atoms with Crippen molar-refractivity contribution in [2.45, 2.75) is 46.5 Å². The van der Waals surface area contributed by atoms with Crippen molar-refractivity contribution in [2.75, 3.05) is 16.8 Å². The molecule has 0 spiro atoms. The summed E-state index contributed by atoms with van der Waals surface area (Å²) in [5.74, 6) is 0. The number of benzene rings is 6. The van der Waals surface area contributed by atoms with E-state index in [1.807, 2.05) is 6.08 Å². The van der Waals surface area contributed by atoms with Gasteiger partial charge in [0.25, 0.3) is 0 Å². The van der Waals surface area contributed by atoms with Crippen LogP contribution in [0, 0.1) is 20.8 Å². The van der Waals surface area contributed by atoms with Gasteiger partial charge in [-0.25, -0.2) is 0 Å². The molecule has 0 aliphatic heterocycles. The first-order valence-electron chi connectivity index (χ1n) is 18.4. The number of rotatable bonds is 11. The van der Waals surface area contributed by atoms with Gasteiger partial charge in [-0.2, -0.15) is 0 Å². The zero-order chi connectivity index (χ0) is 36.2. The Balaban J connectivity index is 1.16. The Morgan fingerprint density at radius 2 is 1.13 bits per heavy atom. The molecule has 0 saturated carbocycles. The van der Waals surface area contributed by atoms with E-state index in [2.05, 4.69) is 203 Å². The average Bonchev–Trinajstić information content (AvgIpc) is 3.42. The molecule has 0 aromatic heterocycles. The highest BCUT2D eigenvalue weighted by atomic mass is 15.1. The van der Waals surface area contributed by atoms with E-state index in [0.717, 1.165) is 34.7 Å². The largest absolute Gasteiger partial charge is 0.356 e. The Morgan fingerprint density at radius 3 is 1.73 bits per heavy atom. The third-order valence-electron chi connectivity index (χ3n) is 10.7. The van der Waals surface area contributed by atoms with Crippen LogP contribution in [-0.2, 0) is 5.41 Å². The van der Waals surface area contributed by atoms with E-state index in [-0.39, 0.29) is 5.41 Å². The van der Waals surface area contributed by atoms with Crippen LogP contribution in [0.5, 0.6) is 0 Å². The molecule has 0 bridgehead atoms. The Hall–Kier alpha value is -5.86. The highest BCUT2D eigenvalue weighted by Gasteiger charge is 2.38. The summed E-state index contributed by atoms with van der Waals surface area (Å²) in [6, 6.07) is 48.9. The van der Waals surface area contributed by atoms with Crippen LogP contribution in [0.2, 0.25) is 0 Å². The van der Waals surface area contributed by atoms with Crippen LogP contribution < -0.4 is 10.2 Å². The van der Waals surface area contributed by atoms with Gasteiger partial charge in [-0.15, -0.1) is 0 Å². The minimum absolute atomic E-state index is 0.0763. The lowest BCUT2D eigenvalue weighted by Crippen LogP contribution is -2.19. The van der Waals surface area contributed by atoms with Crippen molar-refractivity contribution in [2.24, 2.45) is 0 Å². The Kier molecular flexibility index (Phi) is 9.83. The van der Waals surface area contributed by atoms with Gasteiger partial charge in [0.1, 0.15) is 0 Å². The van der Waals surface area contributed by atoms with Crippen LogP contribution in [0.3, 0.4) is 0 Å². The Morgan fingerprint density at radius 1 is 0.635 bits per heavy atom. The maximum Gasteiger partial charge on any atom is 0.0415 e. The molecule has 52 heavy (non-hydrogen) atoms. The van der Waals surface area contributed by atoms with Crippen LogP contribution in [0.1, 0.15) is 53.6 Å². The van der Waals surface area contributed by atoms with Crippen molar-refractivity contribution in [3.8, 4) is 22.3 Å². The molecule has 0 radical (unpaired) electrons. The standard InChI is InChI=1S/C50H48N2/c1-7-10-38(40-20-30-46-47-31-21-41(39-18-12-35(3)13-19-39)34-49(47)50(6,8-2)48(46)33-40)11-9-32-52(44-26-16-37(5)17-27-44)45-28-24-43(25-29-45)51-42-22-14-36(4)15-23-42/h7,9-31,33-34,51H,1,8,32H2,2-6H3. The minimum Gasteiger partial charge on any atom is -0.356 e. The molecule has 6 aromatic rings. The molecular formula is C50H48N2. The highest BCUT2D eigenvalue weighted by Crippen LogP contribution is 2.52. The van der Waals surface area contributed by atoms with Crippen molar-refractivity contribution in [1.82, 2.24) is 0 Å². The molecule has 0 saturated heterocycles. The zero-order valence-corrected chi connectivity index (χ0v) is 31.1. The van der Waals surface area contributed by atoms with Gasteiger partial charge in [-0.1, -0.05) is 134 Å². The number of anilines is 4. The molecule has 0 heterocycles. The summed E-state index contributed by atoms with van der Waals surface area (Å²) in [6.45, 7) is 15.9. The second-order valence-electron chi connectivity index (χ2n) is 14.3. The predicted octanol–water partition coefficient (Wildman–Crippen LogP) is 13.7. The van der Waals surface area contributed by atoms with Crippen molar-refractivity contribution in [3.05, 3.63) is 198 Å². The van der Waals surface area contributed by atoms with Gasteiger partial charge in [0.2, 0.25) is 0 Å². The Bertz CT molecular complexity index is 2250. The summed E-state index contributed by atoms with van der Waals surface area (Å²) < 4.78 is 0. The van der Waals surface area contributed by atoms with Gasteiger partial charge >= 0.3 is 0 Å². The van der Waals surface area contributed by atoms with Gasteiger partial charge in [0, 0.05) is 34.7 Å². The molecule has 1 aliphatic carbocycles. The number of hydrogen-bond acceptors (Lipinski definition) is 2. The smallest absolute Gasteiger partial charge is 0.0415 e. The third-order valence-corrected chi connectivity index (χ3v) is 10.7. The summed E-state index contributed by atoms with van der Waals surface area (Å²) >= 11 is 0. The molecule has 1 unspecified atom stereocenters. The lowest BCUT2D eigenvalue weighted by atomic mass is 9.76. The Labute approximate surface area is 310 Å². The number of hydrogen-bond donors (Lipinski definition) is 1. The summed E-state index contributed by atoms with van der Waals surface area (Å²) in [6.07, 6.45) is 9.56. The lowest BCUT2D eigenvalue weighted by molar-refractivity contribution is 0.564. The number of aryl methyl sites for hydroxylation is 3. The summed E-state index contributed by atoms with van der Waals surface area (Å²) in [4.78, 5) is 2.36. The first-order chi connectivity index (χ1) is 25.2. The van der Waals surface area contributed by atoms with Crippen molar-refractivity contribution in [3.63, 3.8) is 0 Å². The van der Waals surface area contributed by atoms with E-state index in [1.54, 1.807) is 0 Å². The quantitative estimate of drug-likeness (QED) is 0.137. The number of fused-ring (bicyclic) bond motifs is 3. The van der Waals surface area contributed by atoms with Gasteiger partial charge in [0.05, 0.1) is 0 Å². The zero-order valence-electron chi connectivity index (χ0n) is 31.1. The van der Waals surface area contributed by atoms with E-state index < -0.39 is 0 Å². The van der Waals surface area contributed by atoms with Crippen LogP contribution in [0.25, 0.3) is 27.8 Å². The minimum atomic E-state index is -0.0763. The number of nitrogens with one attached hydrogen (secondary N) is 1. The predicted molar refractivity (Wildman–Crippen MR) is 225 cm³/mol. The maximum atomic E-state index is 4.08. The average molecular weight is 677 g/mol. The maximum absolute atomic E-state index is 4.08. The first-order valence-corrected chi connectivity index (χ1v) is 18.4. The molecule has 1 atom stereocenters. The van der Waals surface area contributed by atoms with Crippen molar-refractivity contribution in [1.29, 1.82) is 0 Å². The fourth-order valence-corrected chi connectivity index (χ4v) is 7.38. The van der Waals surface area contributed by atoms with Gasteiger partial charge in [-0.05, 0) is 132 Å². The lowest BCUT2D eigenvalue weighted by Gasteiger charge is -2.26. The fraction of sp³-hybridized carbons (Fsp3) is 0.160. The van der Waals surface area contributed by atoms with Crippen molar-refractivity contribution < 1.29 is 0 Å². The molecule has 2 nitrogen and oxygen atoms in total. The van der Waals surface area contributed by atoms with Gasteiger partial charge in [-0.3, -0.25) is 0 Å². The van der Waals surface area contributed by atoms with Crippen molar-refractivity contribution >= 4 is 28.3 Å². The molecule has 6 aromatic carbocycles. The van der Waals surface area contributed by atoms with E-state index in [9.17, 15) is 0 Å². The molecule has 7 rings (SSSR count). The topological polar surface area (TPSA) is 15.3 Å². The van der Waals surface area contributed by atoms with E-state index in [4.69, 9.17) is 0 Å². The van der Waals surface area contributed by atoms with Gasteiger partial charge < -0.3 is 10.2 Å². The summed E-state index contributed by atoms with van der Waals surface area (Å²) in [5, 5.41) is 3.53. The second-order valence-corrected chi connectivity index (χ2v) is 14.3. The van der Waals surface area contributed by atoms with E-state index in [0.29, 0.717) is 6.54 Å². The normalized spacial score (nSPS) is 15.0. The van der Waals surface area contributed by atoms with E-state index in [1.165, 1.54) is 55.6 Å². The molecular weight excluding hydrogens is 629 g/mol.